The summed E-state index contributed by atoms with van der Waals surface area (Å²) in [6, 6.07) is 19.8. The van der Waals surface area contributed by atoms with Gasteiger partial charge < -0.3 is 14.6 Å². The van der Waals surface area contributed by atoms with Gasteiger partial charge in [0.2, 0.25) is 0 Å². The molecule has 0 spiro atoms. The van der Waals surface area contributed by atoms with Crippen molar-refractivity contribution in [2.75, 3.05) is 13.2 Å². The van der Waals surface area contributed by atoms with Crippen LogP contribution in [0.4, 0.5) is 4.39 Å². The zero-order chi connectivity index (χ0) is 24.6. The van der Waals surface area contributed by atoms with Crippen molar-refractivity contribution < 1.29 is 13.9 Å². The smallest absolute Gasteiger partial charge is 0.254 e. The van der Waals surface area contributed by atoms with Gasteiger partial charge in [0.1, 0.15) is 17.4 Å². The maximum atomic E-state index is 13.8. The number of aryl methyl sites for hydroxylation is 3. The third-order valence-corrected chi connectivity index (χ3v) is 6.31. The van der Waals surface area contributed by atoms with E-state index in [0.717, 1.165) is 52.6 Å². The molecule has 0 aliphatic heterocycles. The summed E-state index contributed by atoms with van der Waals surface area (Å²) in [6.45, 7) is 3.88. The van der Waals surface area contributed by atoms with Crippen LogP contribution >= 0.6 is 11.6 Å². The summed E-state index contributed by atoms with van der Waals surface area (Å²) in [5.74, 6) is 0.910. The molecule has 7 heteroatoms. The molecule has 3 aromatic carbocycles. The Bertz CT molecular complexity index is 1300. The molecule has 35 heavy (non-hydrogen) atoms. The van der Waals surface area contributed by atoms with Crippen molar-refractivity contribution in [3.8, 4) is 5.75 Å². The number of unbranched alkanes of at least 4 members (excludes halogenated alkanes) is 1. The second-order valence-corrected chi connectivity index (χ2v) is 8.88. The first-order valence-corrected chi connectivity index (χ1v) is 12.3. The lowest BCUT2D eigenvalue weighted by Gasteiger charge is -2.11. The molecule has 0 aliphatic carbocycles. The number of carbonyl (C=O) groups excluding carboxylic acids is 1. The average Bonchev–Trinajstić information content (AvgIpc) is 3.21. The van der Waals surface area contributed by atoms with Gasteiger partial charge in [-0.15, -0.1) is 0 Å². The molecule has 1 amide bonds. The molecule has 0 saturated heterocycles. The highest BCUT2D eigenvalue weighted by Crippen LogP contribution is 2.22. The van der Waals surface area contributed by atoms with Gasteiger partial charge in [-0.25, -0.2) is 9.37 Å². The van der Waals surface area contributed by atoms with Crippen molar-refractivity contribution in [2.24, 2.45) is 0 Å². The molecule has 1 N–H and O–H groups in total. The normalized spacial score (nSPS) is 11.1. The topological polar surface area (TPSA) is 56.1 Å². The van der Waals surface area contributed by atoms with Gasteiger partial charge in [-0.05, 0) is 74.2 Å². The molecule has 0 fully saturated rings. The standard InChI is InChI=1S/C28H29ClFN3O2/c1-20-19-21(14-15-23(20)29)35-18-7-6-17-33-26-12-5-4-11-25(26)32-27(33)13-8-16-31-28(34)22-9-2-3-10-24(22)30/h2-5,9-12,14-15,19H,6-8,13,16-18H2,1H3,(H,31,34). The van der Waals surface area contributed by atoms with Crippen molar-refractivity contribution in [2.45, 2.75) is 39.2 Å². The van der Waals surface area contributed by atoms with Gasteiger partial charge in [-0.1, -0.05) is 35.9 Å². The number of benzene rings is 3. The van der Waals surface area contributed by atoms with E-state index in [1.54, 1.807) is 12.1 Å². The minimum Gasteiger partial charge on any atom is -0.494 e. The van der Waals surface area contributed by atoms with E-state index in [-0.39, 0.29) is 5.56 Å². The van der Waals surface area contributed by atoms with E-state index in [2.05, 4.69) is 16.0 Å². The number of hydrogen-bond donors (Lipinski definition) is 1. The van der Waals surface area contributed by atoms with Crippen LogP contribution in [0.25, 0.3) is 11.0 Å². The quantitative estimate of drug-likeness (QED) is 0.247. The van der Waals surface area contributed by atoms with Crippen molar-refractivity contribution in [1.82, 2.24) is 14.9 Å². The summed E-state index contributed by atoms with van der Waals surface area (Å²) in [6.07, 6.45) is 3.28. The molecule has 1 aromatic heterocycles. The van der Waals surface area contributed by atoms with Crippen LogP contribution in [0, 0.1) is 12.7 Å². The molecular weight excluding hydrogens is 465 g/mol. The predicted molar refractivity (Wildman–Crippen MR) is 138 cm³/mol. The van der Waals surface area contributed by atoms with Crippen LogP contribution in [0.2, 0.25) is 5.02 Å². The second-order valence-electron chi connectivity index (χ2n) is 8.47. The van der Waals surface area contributed by atoms with E-state index in [9.17, 15) is 9.18 Å². The molecule has 0 saturated carbocycles. The summed E-state index contributed by atoms with van der Waals surface area (Å²) in [5.41, 5.74) is 3.14. The van der Waals surface area contributed by atoms with Gasteiger partial charge >= 0.3 is 0 Å². The fraction of sp³-hybridized carbons (Fsp3) is 0.286. The zero-order valence-electron chi connectivity index (χ0n) is 19.8. The Hall–Kier alpha value is -3.38. The average molecular weight is 494 g/mol. The van der Waals surface area contributed by atoms with Crippen LogP contribution < -0.4 is 10.1 Å². The Morgan fingerprint density at radius 2 is 1.86 bits per heavy atom. The number of nitrogens with zero attached hydrogens (tertiary/aromatic N) is 2. The fourth-order valence-corrected chi connectivity index (χ4v) is 4.14. The molecule has 0 bridgehead atoms. The van der Waals surface area contributed by atoms with E-state index < -0.39 is 11.7 Å². The van der Waals surface area contributed by atoms with Gasteiger partial charge in [-0.3, -0.25) is 4.79 Å². The number of rotatable bonds is 11. The first-order chi connectivity index (χ1) is 17.0. The summed E-state index contributed by atoms with van der Waals surface area (Å²) in [5, 5.41) is 3.54. The lowest BCUT2D eigenvalue weighted by atomic mass is 10.2. The number of ether oxygens (including phenoxy) is 1. The predicted octanol–water partition coefficient (Wildman–Crippen LogP) is 6.36. The van der Waals surface area contributed by atoms with Crippen LogP contribution in [0.1, 0.15) is 41.0 Å². The summed E-state index contributed by atoms with van der Waals surface area (Å²) in [4.78, 5) is 17.0. The van der Waals surface area contributed by atoms with E-state index in [1.807, 2.05) is 43.3 Å². The Morgan fingerprint density at radius 1 is 1.06 bits per heavy atom. The van der Waals surface area contributed by atoms with E-state index in [1.165, 1.54) is 12.1 Å². The van der Waals surface area contributed by atoms with Crippen LogP contribution in [0.3, 0.4) is 0 Å². The van der Waals surface area contributed by atoms with Crippen LogP contribution in [0.5, 0.6) is 5.75 Å². The summed E-state index contributed by atoms with van der Waals surface area (Å²) >= 11 is 6.08. The molecule has 4 rings (SSSR count). The Morgan fingerprint density at radius 3 is 2.69 bits per heavy atom. The van der Waals surface area contributed by atoms with Crippen LogP contribution in [-0.4, -0.2) is 28.6 Å². The third kappa shape index (κ3) is 6.40. The Labute approximate surface area is 209 Å². The van der Waals surface area contributed by atoms with Gasteiger partial charge in [0.25, 0.3) is 5.91 Å². The zero-order valence-corrected chi connectivity index (χ0v) is 20.5. The largest absolute Gasteiger partial charge is 0.494 e. The number of para-hydroxylation sites is 2. The van der Waals surface area contributed by atoms with Crippen LogP contribution in [-0.2, 0) is 13.0 Å². The number of fused-ring (bicyclic) bond motifs is 1. The highest BCUT2D eigenvalue weighted by atomic mass is 35.5. The molecule has 0 atom stereocenters. The van der Waals surface area contributed by atoms with Crippen molar-refractivity contribution in [3.63, 3.8) is 0 Å². The van der Waals surface area contributed by atoms with Crippen molar-refractivity contribution in [3.05, 3.63) is 94.5 Å². The lowest BCUT2D eigenvalue weighted by molar-refractivity contribution is 0.0949. The summed E-state index contributed by atoms with van der Waals surface area (Å²) < 4.78 is 21.9. The Kier molecular flexibility index (Phi) is 8.37. The van der Waals surface area contributed by atoms with E-state index in [4.69, 9.17) is 21.3 Å². The highest BCUT2D eigenvalue weighted by molar-refractivity contribution is 6.31. The number of aromatic nitrogens is 2. The van der Waals surface area contributed by atoms with Crippen molar-refractivity contribution in [1.29, 1.82) is 0 Å². The number of halogens is 2. The van der Waals surface area contributed by atoms with Gasteiger partial charge in [-0.2, -0.15) is 0 Å². The van der Waals surface area contributed by atoms with Gasteiger partial charge in [0.05, 0.1) is 23.2 Å². The molecule has 182 valence electrons. The molecule has 0 aliphatic rings. The monoisotopic (exact) mass is 493 g/mol. The maximum absolute atomic E-state index is 13.8. The molecule has 5 nitrogen and oxygen atoms in total. The van der Waals surface area contributed by atoms with Crippen LogP contribution in [0.15, 0.2) is 66.7 Å². The first-order valence-electron chi connectivity index (χ1n) is 11.9. The maximum Gasteiger partial charge on any atom is 0.254 e. The first kappa shape index (κ1) is 24.7. The molecule has 0 unspecified atom stereocenters. The van der Waals surface area contributed by atoms with Gasteiger partial charge in [0.15, 0.2) is 0 Å². The number of hydrogen-bond acceptors (Lipinski definition) is 3. The highest BCUT2D eigenvalue weighted by Gasteiger charge is 2.12. The fourth-order valence-electron chi connectivity index (χ4n) is 4.02. The second kappa shape index (κ2) is 11.8. The SMILES string of the molecule is Cc1cc(OCCCCn2c(CCCNC(=O)c3ccccc3F)nc3ccccc32)ccc1Cl. The number of imidazole rings is 1. The van der Waals surface area contributed by atoms with Crippen molar-refractivity contribution >= 4 is 28.5 Å². The minimum atomic E-state index is -0.512. The Balaban J connectivity index is 1.29. The molecule has 1 heterocycles. The third-order valence-electron chi connectivity index (χ3n) is 5.89. The molecule has 4 aromatic rings. The van der Waals surface area contributed by atoms with E-state index in [0.29, 0.717) is 26.0 Å². The summed E-state index contributed by atoms with van der Waals surface area (Å²) in [7, 11) is 0. The van der Waals surface area contributed by atoms with E-state index >= 15 is 0 Å². The molecule has 0 radical (unpaired) electrons. The minimum absolute atomic E-state index is 0.0655. The number of carbonyl (C=O) groups is 1. The lowest BCUT2D eigenvalue weighted by Crippen LogP contribution is -2.25. The number of nitrogens with one attached hydrogen (secondary N) is 1. The molecular formula is C28H29ClFN3O2. The van der Waals surface area contributed by atoms with Gasteiger partial charge in [0, 0.05) is 24.5 Å². The number of amides is 1.